The zero-order chi connectivity index (χ0) is 16.7. The molecular weight excluding hydrogens is 328 g/mol. The highest BCUT2D eigenvalue weighted by molar-refractivity contribution is 7.92. The van der Waals surface area contributed by atoms with Crippen LogP contribution in [0.4, 0.5) is 5.69 Å². The first kappa shape index (κ1) is 16.9. The average molecular weight is 347 g/mol. The maximum absolute atomic E-state index is 12.3. The van der Waals surface area contributed by atoms with E-state index in [0.717, 1.165) is 10.6 Å². The van der Waals surface area contributed by atoms with E-state index in [4.69, 9.17) is 16.3 Å². The molecular formula is C14H19ClN2O4S. The van der Waals surface area contributed by atoms with Crippen molar-refractivity contribution < 1.29 is 17.9 Å². The topological polar surface area (TPSA) is 75.7 Å². The SMILES string of the molecule is CC(C)(C)NC(=O)[C@@H]1CN(S(C)(=O)=O)c2cc(Cl)ccc2O1. The lowest BCUT2D eigenvalue weighted by molar-refractivity contribution is -0.129. The molecule has 1 aromatic rings. The van der Waals surface area contributed by atoms with E-state index in [9.17, 15) is 13.2 Å². The zero-order valence-electron chi connectivity index (χ0n) is 12.9. The second kappa shape index (κ2) is 5.62. The molecule has 1 amide bonds. The molecule has 1 aromatic carbocycles. The van der Waals surface area contributed by atoms with Gasteiger partial charge in [-0.05, 0) is 39.0 Å². The van der Waals surface area contributed by atoms with Gasteiger partial charge in [-0.2, -0.15) is 0 Å². The predicted octanol–water partition coefficient (Wildman–Crippen LogP) is 1.78. The molecule has 0 aliphatic carbocycles. The molecule has 0 saturated heterocycles. The van der Waals surface area contributed by atoms with Crippen LogP contribution in [0.25, 0.3) is 0 Å². The minimum Gasteiger partial charge on any atom is -0.476 e. The lowest BCUT2D eigenvalue weighted by atomic mass is 10.1. The Hall–Kier alpha value is -1.47. The number of hydrogen-bond donors (Lipinski definition) is 1. The highest BCUT2D eigenvalue weighted by Gasteiger charge is 2.36. The van der Waals surface area contributed by atoms with Crippen LogP contribution in [0, 0.1) is 0 Å². The minimum absolute atomic E-state index is 0.0892. The number of ether oxygens (including phenoxy) is 1. The van der Waals surface area contributed by atoms with E-state index in [1.54, 1.807) is 12.1 Å². The molecule has 1 N–H and O–H groups in total. The van der Waals surface area contributed by atoms with Gasteiger partial charge in [0.2, 0.25) is 10.0 Å². The molecule has 1 aliphatic heterocycles. The van der Waals surface area contributed by atoms with Gasteiger partial charge < -0.3 is 10.1 Å². The maximum atomic E-state index is 12.3. The number of benzene rings is 1. The quantitative estimate of drug-likeness (QED) is 0.885. The Kier molecular flexibility index (Phi) is 4.32. The van der Waals surface area contributed by atoms with Gasteiger partial charge in [-0.3, -0.25) is 9.10 Å². The first-order valence-corrected chi connectivity index (χ1v) is 8.96. The summed E-state index contributed by atoms with van der Waals surface area (Å²) in [7, 11) is -3.55. The van der Waals surface area contributed by atoms with Gasteiger partial charge in [0.05, 0.1) is 18.5 Å². The summed E-state index contributed by atoms with van der Waals surface area (Å²) in [5.41, 5.74) is -0.0915. The fourth-order valence-corrected chi connectivity index (χ4v) is 3.20. The summed E-state index contributed by atoms with van der Waals surface area (Å²) in [6.07, 6.45) is 0.171. The van der Waals surface area contributed by atoms with E-state index in [-0.39, 0.29) is 12.5 Å². The van der Waals surface area contributed by atoms with Crippen molar-refractivity contribution in [1.29, 1.82) is 0 Å². The van der Waals surface area contributed by atoms with Gasteiger partial charge in [-0.15, -0.1) is 0 Å². The largest absolute Gasteiger partial charge is 0.476 e. The van der Waals surface area contributed by atoms with E-state index in [0.29, 0.717) is 16.5 Å². The molecule has 0 fully saturated rings. The standard InChI is InChI=1S/C14H19ClN2O4S/c1-14(2,3)16-13(18)12-8-17(22(4,19)20)10-7-9(15)5-6-11(10)21-12/h5-7,12H,8H2,1-4H3,(H,16,18)/t12-/m0/s1. The van der Waals surface area contributed by atoms with Crippen molar-refractivity contribution in [3.63, 3.8) is 0 Å². The molecule has 0 unspecified atom stereocenters. The van der Waals surface area contributed by atoms with Crippen molar-refractivity contribution in [2.75, 3.05) is 17.1 Å². The number of anilines is 1. The van der Waals surface area contributed by atoms with E-state index in [2.05, 4.69) is 5.32 Å². The van der Waals surface area contributed by atoms with Crippen LogP contribution < -0.4 is 14.4 Å². The van der Waals surface area contributed by atoms with Gasteiger partial charge >= 0.3 is 0 Å². The van der Waals surface area contributed by atoms with Crippen molar-refractivity contribution in [2.24, 2.45) is 0 Å². The van der Waals surface area contributed by atoms with Gasteiger partial charge in [0.1, 0.15) is 5.75 Å². The highest BCUT2D eigenvalue weighted by atomic mass is 35.5. The molecule has 0 bridgehead atoms. The number of carbonyl (C=O) groups is 1. The molecule has 0 radical (unpaired) electrons. The summed E-state index contributed by atoms with van der Waals surface area (Å²) in [6, 6.07) is 4.66. The predicted molar refractivity (Wildman–Crippen MR) is 86.0 cm³/mol. The molecule has 1 heterocycles. The molecule has 22 heavy (non-hydrogen) atoms. The van der Waals surface area contributed by atoms with Crippen LogP contribution in [0.1, 0.15) is 20.8 Å². The summed E-state index contributed by atoms with van der Waals surface area (Å²) in [5.74, 6) is -0.0446. The molecule has 0 aromatic heterocycles. The zero-order valence-corrected chi connectivity index (χ0v) is 14.5. The van der Waals surface area contributed by atoms with Gasteiger partial charge in [-0.25, -0.2) is 8.42 Å². The molecule has 0 saturated carbocycles. The van der Waals surface area contributed by atoms with Crippen LogP contribution in [0.2, 0.25) is 5.02 Å². The van der Waals surface area contributed by atoms with Crippen LogP contribution >= 0.6 is 11.6 Å². The molecule has 2 rings (SSSR count). The van der Waals surface area contributed by atoms with Crippen molar-refractivity contribution >= 4 is 33.2 Å². The normalized spacial score (nSPS) is 18.4. The lowest BCUT2D eigenvalue weighted by Gasteiger charge is -2.35. The van der Waals surface area contributed by atoms with Crippen LogP contribution in [0.15, 0.2) is 18.2 Å². The summed E-state index contributed by atoms with van der Waals surface area (Å²) in [6.45, 7) is 5.44. The number of nitrogens with zero attached hydrogens (tertiary/aromatic N) is 1. The summed E-state index contributed by atoms with van der Waals surface area (Å²) in [5, 5.41) is 3.19. The second-order valence-electron chi connectivity index (χ2n) is 6.25. The molecule has 0 spiro atoms. The van der Waals surface area contributed by atoms with E-state index in [1.165, 1.54) is 6.07 Å². The summed E-state index contributed by atoms with van der Waals surface area (Å²) >= 11 is 5.92. The fourth-order valence-electron chi connectivity index (χ4n) is 2.13. The van der Waals surface area contributed by atoms with Crippen molar-refractivity contribution in [2.45, 2.75) is 32.4 Å². The Morgan fingerprint density at radius 1 is 1.41 bits per heavy atom. The van der Waals surface area contributed by atoms with E-state index in [1.807, 2.05) is 20.8 Å². The van der Waals surface area contributed by atoms with Gasteiger partial charge in [-0.1, -0.05) is 11.6 Å². The number of hydrogen-bond acceptors (Lipinski definition) is 4. The molecule has 1 atom stereocenters. The number of nitrogens with one attached hydrogen (secondary N) is 1. The van der Waals surface area contributed by atoms with Crippen LogP contribution in [-0.4, -0.2) is 38.8 Å². The monoisotopic (exact) mass is 346 g/mol. The smallest absolute Gasteiger partial charge is 0.263 e. The Morgan fingerprint density at radius 2 is 2.05 bits per heavy atom. The van der Waals surface area contributed by atoms with Crippen molar-refractivity contribution in [1.82, 2.24) is 5.32 Å². The summed E-state index contributed by atoms with van der Waals surface area (Å²) in [4.78, 5) is 12.3. The van der Waals surface area contributed by atoms with E-state index >= 15 is 0 Å². The van der Waals surface area contributed by atoms with Gasteiger partial charge in [0.25, 0.3) is 5.91 Å². The second-order valence-corrected chi connectivity index (χ2v) is 8.60. The highest BCUT2D eigenvalue weighted by Crippen LogP contribution is 2.37. The minimum atomic E-state index is -3.55. The lowest BCUT2D eigenvalue weighted by Crippen LogP contribution is -2.54. The molecule has 122 valence electrons. The van der Waals surface area contributed by atoms with Crippen LogP contribution in [0.5, 0.6) is 5.75 Å². The van der Waals surface area contributed by atoms with Crippen molar-refractivity contribution in [3.8, 4) is 5.75 Å². The van der Waals surface area contributed by atoms with Crippen molar-refractivity contribution in [3.05, 3.63) is 23.2 Å². The Morgan fingerprint density at radius 3 is 2.59 bits per heavy atom. The number of amides is 1. The first-order valence-electron chi connectivity index (χ1n) is 6.73. The number of carbonyl (C=O) groups excluding carboxylic acids is 1. The number of halogens is 1. The fraction of sp³-hybridized carbons (Fsp3) is 0.500. The first-order chi connectivity index (χ1) is 9.97. The third-order valence-corrected chi connectivity index (χ3v) is 4.36. The maximum Gasteiger partial charge on any atom is 0.263 e. The average Bonchev–Trinajstić information content (AvgIpc) is 2.34. The Balaban J connectivity index is 2.37. The third-order valence-electron chi connectivity index (χ3n) is 2.98. The van der Waals surface area contributed by atoms with Crippen LogP contribution in [0.3, 0.4) is 0 Å². The molecule has 6 nitrogen and oxygen atoms in total. The van der Waals surface area contributed by atoms with Gasteiger partial charge in [0.15, 0.2) is 6.10 Å². The summed E-state index contributed by atoms with van der Waals surface area (Å²) < 4.78 is 30.8. The Labute approximate surface area is 135 Å². The third kappa shape index (κ3) is 3.84. The molecule has 8 heteroatoms. The molecule has 1 aliphatic rings. The van der Waals surface area contributed by atoms with E-state index < -0.39 is 21.7 Å². The number of rotatable bonds is 2. The Bertz CT molecular complexity index is 697. The van der Waals surface area contributed by atoms with Crippen LogP contribution in [-0.2, 0) is 14.8 Å². The van der Waals surface area contributed by atoms with Gasteiger partial charge in [0, 0.05) is 10.6 Å². The number of sulfonamides is 1. The number of fused-ring (bicyclic) bond motifs is 1.